The third-order valence-electron chi connectivity index (χ3n) is 5.21. The average molecular weight is 391 g/mol. The van der Waals surface area contributed by atoms with Crippen LogP contribution in [0, 0.1) is 0 Å². The molecule has 6 heteroatoms. The number of aryl methyl sites for hydroxylation is 1. The predicted molar refractivity (Wildman–Crippen MR) is 109 cm³/mol. The molecule has 0 N–H and O–H groups in total. The number of hydrogen-bond donors (Lipinski definition) is 0. The minimum Gasteiger partial charge on any atom is -0.494 e. The van der Waals surface area contributed by atoms with Gasteiger partial charge >= 0.3 is 0 Å². The zero-order valence-corrected chi connectivity index (χ0v) is 16.8. The zero-order valence-electron chi connectivity index (χ0n) is 16.8. The summed E-state index contributed by atoms with van der Waals surface area (Å²) < 4.78 is 11.0. The molecule has 0 spiro atoms. The molecule has 1 aliphatic rings. The van der Waals surface area contributed by atoms with Crippen LogP contribution in [0.25, 0.3) is 11.5 Å². The van der Waals surface area contributed by atoms with E-state index in [4.69, 9.17) is 9.26 Å². The van der Waals surface area contributed by atoms with Crippen LogP contribution in [0.2, 0.25) is 0 Å². The van der Waals surface area contributed by atoms with Crippen molar-refractivity contribution < 1.29 is 14.1 Å². The molecule has 2 aromatic carbocycles. The van der Waals surface area contributed by atoms with Crippen molar-refractivity contribution in [3.8, 4) is 17.2 Å². The Labute approximate surface area is 170 Å². The third kappa shape index (κ3) is 4.31. The van der Waals surface area contributed by atoms with Gasteiger partial charge < -0.3 is 14.2 Å². The third-order valence-corrected chi connectivity index (χ3v) is 5.21. The molecular formula is C23H25N3O3. The van der Waals surface area contributed by atoms with Crippen molar-refractivity contribution in [1.29, 1.82) is 0 Å². The fourth-order valence-electron chi connectivity index (χ4n) is 3.62. The zero-order chi connectivity index (χ0) is 20.2. The summed E-state index contributed by atoms with van der Waals surface area (Å²) in [7, 11) is 0. The first-order chi connectivity index (χ1) is 14.2. The molecule has 1 aliphatic heterocycles. The Morgan fingerprint density at radius 2 is 1.97 bits per heavy atom. The Morgan fingerprint density at radius 3 is 2.72 bits per heavy atom. The molecule has 1 unspecified atom stereocenters. The van der Waals surface area contributed by atoms with Crippen LogP contribution in [0.3, 0.4) is 0 Å². The van der Waals surface area contributed by atoms with Crippen LogP contribution in [0.1, 0.15) is 43.1 Å². The molecule has 1 saturated heterocycles. The molecule has 1 fully saturated rings. The lowest BCUT2D eigenvalue weighted by Crippen LogP contribution is -2.24. The lowest BCUT2D eigenvalue weighted by Gasteiger charge is -2.16. The van der Waals surface area contributed by atoms with E-state index in [-0.39, 0.29) is 11.8 Å². The number of ether oxygens (including phenoxy) is 1. The summed E-state index contributed by atoms with van der Waals surface area (Å²) in [5.74, 6) is 1.97. The lowest BCUT2D eigenvalue weighted by molar-refractivity contribution is -0.128. The summed E-state index contributed by atoms with van der Waals surface area (Å²) in [5, 5.41) is 4.15. The fraction of sp³-hybridized carbons (Fsp3) is 0.348. The first-order valence-electron chi connectivity index (χ1n) is 10.1. The highest BCUT2D eigenvalue weighted by molar-refractivity contribution is 5.79. The number of carbonyl (C=O) groups excluding carboxylic acids is 1. The SMILES string of the molecule is CCOc1cccc(CN2CC(c3noc(-c4ccc(CC)cc4)n3)CC2=O)c1. The standard InChI is InChI=1S/C23H25N3O3/c1-3-16-8-10-18(11-9-16)23-24-22(25-29-23)19-13-21(27)26(15-19)14-17-6-5-7-20(12-17)28-4-2/h5-12,19H,3-4,13-15H2,1-2H3. The average Bonchev–Trinajstić information content (AvgIpc) is 3.36. The molecule has 150 valence electrons. The van der Waals surface area contributed by atoms with Gasteiger partial charge in [0.15, 0.2) is 5.82 Å². The fourth-order valence-corrected chi connectivity index (χ4v) is 3.62. The number of amides is 1. The largest absolute Gasteiger partial charge is 0.494 e. The number of rotatable bonds is 7. The van der Waals surface area contributed by atoms with Crippen molar-refractivity contribution in [2.75, 3.05) is 13.2 Å². The highest BCUT2D eigenvalue weighted by Crippen LogP contribution is 2.29. The summed E-state index contributed by atoms with van der Waals surface area (Å²) in [5.41, 5.74) is 3.21. The number of hydrogen-bond acceptors (Lipinski definition) is 5. The number of likely N-dealkylation sites (tertiary alicyclic amines) is 1. The van der Waals surface area contributed by atoms with Gasteiger partial charge in [0.2, 0.25) is 5.91 Å². The van der Waals surface area contributed by atoms with Gasteiger partial charge in [0.25, 0.3) is 5.89 Å². The first-order valence-corrected chi connectivity index (χ1v) is 10.1. The lowest BCUT2D eigenvalue weighted by atomic mass is 10.1. The summed E-state index contributed by atoms with van der Waals surface area (Å²) in [6.07, 6.45) is 1.39. The molecule has 0 saturated carbocycles. The number of benzene rings is 2. The van der Waals surface area contributed by atoms with Crippen LogP contribution in [-0.2, 0) is 17.8 Å². The van der Waals surface area contributed by atoms with Gasteiger partial charge in [0.1, 0.15) is 5.75 Å². The molecule has 0 bridgehead atoms. The molecule has 4 rings (SSSR count). The summed E-state index contributed by atoms with van der Waals surface area (Å²) in [6, 6.07) is 16.0. The van der Waals surface area contributed by atoms with Crippen molar-refractivity contribution in [3.05, 3.63) is 65.5 Å². The smallest absolute Gasteiger partial charge is 0.257 e. The molecule has 1 amide bonds. The van der Waals surface area contributed by atoms with E-state index in [1.165, 1.54) is 5.56 Å². The van der Waals surface area contributed by atoms with Crippen LogP contribution in [0.5, 0.6) is 5.75 Å². The molecule has 29 heavy (non-hydrogen) atoms. The Kier molecular flexibility index (Phi) is 5.60. The van der Waals surface area contributed by atoms with E-state index in [0.717, 1.165) is 23.3 Å². The number of carbonyl (C=O) groups is 1. The minimum absolute atomic E-state index is 0.0509. The van der Waals surface area contributed by atoms with Gasteiger partial charge in [-0.3, -0.25) is 4.79 Å². The van der Waals surface area contributed by atoms with Crippen molar-refractivity contribution in [2.24, 2.45) is 0 Å². The molecular weight excluding hydrogens is 366 g/mol. The van der Waals surface area contributed by atoms with E-state index >= 15 is 0 Å². The second kappa shape index (κ2) is 8.47. The molecule has 3 aromatic rings. The van der Waals surface area contributed by atoms with Crippen molar-refractivity contribution >= 4 is 5.91 Å². The van der Waals surface area contributed by atoms with Gasteiger partial charge in [-0.15, -0.1) is 0 Å². The maximum atomic E-state index is 12.5. The van der Waals surface area contributed by atoms with Gasteiger partial charge in [0.05, 0.1) is 6.61 Å². The van der Waals surface area contributed by atoms with Crippen molar-refractivity contribution in [2.45, 2.75) is 39.2 Å². The quantitative estimate of drug-likeness (QED) is 0.603. The number of aromatic nitrogens is 2. The maximum absolute atomic E-state index is 12.5. The summed E-state index contributed by atoms with van der Waals surface area (Å²) >= 11 is 0. The molecule has 0 radical (unpaired) electrons. The van der Waals surface area contributed by atoms with Crippen LogP contribution < -0.4 is 4.74 Å². The monoisotopic (exact) mass is 391 g/mol. The number of nitrogens with zero attached hydrogens (tertiary/aromatic N) is 3. The second-order valence-corrected chi connectivity index (χ2v) is 7.26. The Bertz CT molecular complexity index is 981. The van der Waals surface area contributed by atoms with E-state index in [0.29, 0.717) is 37.8 Å². The van der Waals surface area contributed by atoms with Crippen molar-refractivity contribution in [1.82, 2.24) is 15.0 Å². The Balaban J connectivity index is 1.44. The Morgan fingerprint density at radius 1 is 1.14 bits per heavy atom. The summed E-state index contributed by atoms with van der Waals surface area (Å²) in [6.45, 7) is 5.84. The minimum atomic E-state index is -0.0509. The predicted octanol–water partition coefficient (Wildman–Crippen LogP) is 4.21. The molecule has 6 nitrogen and oxygen atoms in total. The van der Waals surface area contributed by atoms with Crippen LogP contribution in [-0.4, -0.2) is 34.1 Å². The van der Waals surface area contributed by atoms with E-state index in [1.54, 1.807) is 0 Å². The molecule has 0 aliphatic carbocycles. The van der Waals surface area contributed by atoms with Gasteiger partial charge in [-0.1, -0.05) is 36.3 Å². The van der Waals surface area contributed by atoms with Gasteiger partial charge in [-0.25, -0.2) is 0 Å². The summed E-state index contributed by atoms with van der Waals surface area (Å²) in [4.78, 5) is 18.9. The normalized spacial score (nSPS) is 16.4. The van der Waals surface area contributed by atoms with Crippen LogP contribution >= 0.6 is 0 Å². The van der Waals surface area contributed by atoms with E-state index < -0.39 is 0 Å². The van der Waals surface area contributed by atoms with Gasteiger partial charge in [-0.05, 0) is 48.7 Å². The van der Waals surface area contributed by atoms with Gasteiger partial charge in [-0.2, -0.15) is 4.98 Å². The van der Waals surface area contributed by atoms with Crippen LogP contribution in [0.15, 0.2) is 53.1 Å². The molecule has 2 heterocycles. The first kappa shape index (κ1) is 19.2. The van der Waals surface area contributed by atoms with E-state index in [2.05, 4.69) is 29.2 Å². The molecule has 1 atom stereocenters. The maximum Gasteiger partial charge on any atom is 0.257 e. The Hall–Kier alpha value is -3.15. The van der Waals surface area contributed by atoms with Crippen LogP contribution in [0.4, 0.5) is 0 Å². The highest BCUT2D eigenvalue weighted by atomic mass is 16.5. The molecule has 1 aromatic heterocycles. The van der Waals surface area contributed by atoms with E-state index in [9.17, 15) is 4.79 Å². The highest BCUT2D eigenvalue weighted by Gasteiger charge is 2.33. The van der Waals surface area contributed by atoms with E-state index in [1.807, 2.05) is 48.2 Å². The van der Waals surface area contributed by atoms with Gasteiger partial charge in [0, 0.05) is 31.0 Å². The topological polar surface area (TPSA) is 68.5 Å². The second-order valence-electron chi connectivity index (χ2n) is 7.26. The van der Waals surface area contributed by atoms with Crippen molar-refractivity contribution in [3.63, 3.8) is 0 Å².